The molecule has 1 rings (SSSR count). The lowest BCUT2D eigenvalue weighted by atomic mass is 10.3. The molecule has 5 nitrogen and oxygen atoms in total. The number of hydrogen-bond donors (Lipinski definition) is 2. The Morgan fingerprint density at radius 2 is 1.80 bits per heavy atom. The van der Waals surface area contributed by atoms with Gasteiger partial charge >= 0.3 is 0 Å². The van der Waals surface area contributed by atoms with Gasteiger partial charge in [-0.2, -0.15) is 0 Å². The van der Waals surface area contributed by atoms with Crippen molar-refractivity contribution in [1.29, 1.82) is 0 Å². The SMILES string of the molecule is CN(C(N)=S)c1ccc(S(N)(=O)=O)cc1. The van der Waals surface area contributed by atoms with E-state index in [1.54, 1.807) is 24.1 Å². The fraction of sp³-hybridized carbons (Fsp3) is 0.125. The maximum Gasteiger partial charge on any atom is 0.238 e. The van der Waals surface area contributed by atoms with Crippen LogP contribution >= 0.6 is 12.2 Å². The molecule has 7 heteroatoms. The quantitative estimate of drug-likeness (QED) is 0.717. The Labute approximate surface area is 93.7 Å². The predicted molar refractivity (Wildman–Crippen MR) is 63.0 cm³/mol. The van der Waals surface area contributed by atoms with Crippen LogP contribution < -0.4 is 15.8 Å². The van der Waals surface area contributed by atoms with Crippen LogP contribution in [0.25, 0.3) is 0 Å². The minimum Gasteiger partial charge on any atom is -0.376 e. The largest absolute Gasteiger partial charge is 0.376 e. The van der Waals surface area contributed by atoms with E-state index < -0.39 is 10.0 Å². The van der Waals surface area contributed by atoms with E-state index in [1.165, 1.54) is 12.1 Å². The van der Waals surface area contributed by atoms with Crippen LogP contribution in [0.1, 0.15) is 0 Å². The molecule has 15 heavy (non-hydrogen) atoms. The van der Waals surface area contributed by atoms with Crippen LogP contribution in [-0.2, 0) is 10.0 Å². The highest BCUT2D eigenvalue weighted by molar-refractivity contribution is 7.89. The van der Waals surface area contributed by atoms with Crippen LogP contribution in [0.5, 0.6) is 0 Å². The average Bonchev–Trinajstić information content (AvgIpc) is 2.15. The van der Waals surface area contributed by atoms with Gasteiger partial charge in [-0.1, -0.05) is 0 Å². The smallest absolute Gasteiger partial charge is 0.238 e. The molecule has 0 aliphatic heterocycles. The second-order valence-corrected chi connectivity index (χ2v) is 4.92. The van der Waals surface area contributed by atoms with E-state index in [4.69, 9.17) is 23.1 Å². The van der Waals surface area contributed by atoms with E-state index in [1.807, 2.05) is 0 Å². The van der Waals surface area contributed by atoms with Crippen LogP contribution in [0.4, 0.5) is 5.69 Å². The van der Waals surface area contributed by atoms with E-state index in [2.05, 4.69) is 0 Å². The third-order valence-corrected chi connectivity index (χ3v) is 3.09. The van der Waals surface area contributed by atoms with Crippen LogP contribution in [-0.4, -0.2) is 20.6 Å². The molecule has 0 saturated heterocycles. The zero-order valence-electron chi connectivity index (χ0n) is 8.04. The summed E-state index contributed by atoms with van der Waals surface area (Å²) in [5.41, 5.74) is 6.11. The molecule has 0 aliphatic rings. The topological polar surface area (TPSA) is 89.4 Å². The molecule has 0 bridgehead atoms. The summed E-state index contributed by atoms with van der Waals surface area (Å²) in [6.45, 7) is 0. The van der Waals surface area contributed by atoms with Crippen LogP contribution in [0.2, 0.25) is 0 Å². The Balaban J connectivity index is 3.06. The average molecular weight is 245 g/mol. The lowest BCUT2D eigenvalue weighted by Gasteiger charge is -2.16. The number of anilines is 1. The van der Waals surface area contributed by atoms with Gasteiger partial charge in [0, 0.05) is 12.7 Å². The van der Waals surface area contributed by atoms with Crippen LogP contribution in [0, 0.1) is 0 Å². The molecule has 1 aromatic carbocycles. The van der Waals surface area contributed by atoms with Gasteiger partial charge in [0.1, 0.15) is 0 Å². The monoisotopic (exact) mass is 245 g/mol. The molecule has 0 unspecified atom stereocenters. The Bertz CT molecular complexity index is 467. The summed E-state index contributed by atoms with van der Waals surface area (Å²) in [6, 6.07) is 5.97. The minimum atomic E-state index is -3.65. The number of rotatable bonds is 2. The minimum absolute atomic E-state index is 0.0580. The molecule has 0 aliphatic carbocycles. The van der Waals surface area contributed by atoms with Crippen molar-refractivity contribution in [3.63, 3.8) is 0 Å². The zero-order valence-corrected chi connectivity index (χ0v) is 9.68. The molecule has 82 valence electrons. The summed E-state index contributed by atoms with van der Waals surface area (Å²) in [5, 5.41) is 5.16. The third kappa shape index (κ3) is 2.88. The Hall–Kier alpha value is -1.18. The summed E-state index contributed by atoms with van der Waals surface area (Å²) < 4.78 is 21.9. The maximum atomic E-state index is 11.0. The van der Waals surface area contributed by atoms with Crippen molar-refractivity contribution in [3.8, 4) is 0 Å². The summed E-state index contributed by atoms with van der Waals surface area (Å²) in [7, 11) is -1.96. The number of thiocarbonyl (C=S) groups is 1. The van der Waals surface area contributed by atoms with Gasteiger partial charge in [-0.3, -0.25) is 0 Å². The molecular formula is C8H11N3O2S2. The number of nitrogens with two attached hydrogens (primary N) is 2. The van der Waals surface area contributed by atoms with Gasteiger partial charge in [0.25, 0.3) is 0 Å². The van der Waals surface area contributed by atoms with E-state index >= 15 is 0 Å². The fourth-order valence-corrected chi connectivity index (χ4v) is 1.61. The second-order valence-electron chi connectivity index (χ2n) is 2.94. The fourth-order valence-electron chi connectivity index (χ4n) is 0.987. The maximum absolute atomic E-state index is 11.0. The molecule has 0 radical (unpaired) electrons. The van der Waals surface area contributed by atoms with Crippen LogP contribution in [0.3, 0.4) is 0 Å². The normalized spacial score (nSPS) is 11.1. The zero-order chi connectivity index (χ0) is 11.6. The molecule has 0 atom stereocenters. The van der Waals surface area contributed by atoms with Crippen molar-refractivity contribution in [2.75, 3.05) is 11.9 Å². The number of sulfonamides is 1. The van der Waals surface area contributed by atoms with E-state index in [-0.39, 0.29) is 10.0 Å². The highest BCUT2D eigenvalue weighted by atomic mass is 32.2. The highest BCUT2D eigenvalue weighted by Crippen LogP contribution is 2.15. The first-order chi connectivity index (χ1) is 6.82. The highest BCUT2D eigenvalue weighted by Gasteiger charge is 2.08. The van der Waals surface area contributed by atoms with Gasteiger partial charge in [0.2, 0.25) is 10.0 Å². The van der Waals surface area contributed by atoms with Crippen molar-refractivity contribution >= 4 is 33.0 Å². The van der Waals surface area contributed by atoms with Gasteiger partial charge in [-0.15, -0.1) is 0 Å². The molecule has 0 amide bonds. The van der Waals surface area contributed by atoms with E-state index in [0.717, 1.165) is 0 Å². The molecule has 0 aromatic heterocycles. The number of nitrogens with zero attached hydrogens (tertiary/aromatic N) is 1. The first-order valence-electron chi connectivity index (χ1n) is 3.98. The molecular weight excluding hydrogens is 234 g/mol. The predicted octanol–water partition coefficient (Wildman–Crippen LogP) is 0.0138. The van der Waals surface area contributed by atoms with Crippen molar-refractivity contribution in [2.45, 2.75) is 4.90 Å². The molecule has 0 spiro atoms. The lowest BCUT2D eigenvalue weighted by Crippen LogP contribution is -2.31. The van der Waals surface area contributed by atoms with Gasteiger partial charge in [-0.25, -0.2) is 13.6 Å². The summed E-state index contributed by atoms with van der Waals surface area (Å²) >= 11 is 4.77. The second kappa shape index (κ2) is 4.13. The summed E-state index contributed by atoms with van der Waals surface area (Å²) in [4.78, 5) is 1.62. The Morgan fingerprint density at radius 1 is 1.33 bits per heavy atom. The van der Waals surface area contributed by atoms with Crippen molar-refractivity contribution < 1.29 is 8.42 Å². The first kappa shape index (κ1) is 11.9. The van der Waals surface area contributed by atoms with Crippen molar-refractivity contribution in [2.24, 2.45) is 10.9 Å². The van der Waals surface area contributed by atoms with Crippen molar-refractivity contribution in [3.05, 3.63) is 24.3 Å². The number of hydrogen-bond acceptors (Lipinski definition) is 3. The lowest BCUT2D eigenvalue weighted by molar-refractivity contribution is 0.598. The molecule has 0 heterocycles. The van der Waals surface area contributed by atoms with E-state index in [9.17, 15) is 8.42 Å². The third-order valence-electron chi connectivity index (χ3n) is 1.88. The van der Waals surface area contributed by atoms with Crippen LogP contribution in [0.15, 0.2) is 29.2 Å². The number of primary sulfonamides is 1. The van der Waals surface area contributed by atoms with E-state index in [0.29, 0.717) is 5.69 Å². The summed E-state index contributed by atoms with van der Waals surface area (Å²) in [6.07, 6.45) is 0. The Kier molecular flexibility index (Phi) is 3.28. The summed E-state index contributed by atoms with van der Waals surface area (Å²) in [5.74, 6) is 0. The molecule has 0 fully saturated rings. The van der Waals surface area contributed by atoms with Gasteiger partial charge < -0.3 is 10.6 Å². The molecule has 4 N–H and O–H groups in total. The van der Waals surface area contributed by atoms with Crippen molar-refractivity contribution in [1.82, 2.24) is 0 Å². The van der Waals surface area contributed by atoms with Gasteiger partial charge in [-0.05, 0) is 36.5 Å². The molecule has 0 saturated carbocycles. The standard InChI is InChI=1S/C8H11N3O2S2/c1-11(8(9)14)6-2-4-7(5-3-6)15(10,12)13/h2-5H,1H3,(H2,9,14)(H2,10,12,13). The first-order valence-corrected chi connectivity index (χ1v) is 5.94. The van der Waals surface area contributed by atoms with Gasteiger partial charge in [0.05, 0.1) is 4.90 Å². The molecule has 1 aromatic rings. The number of benzene rings is 1. The van der Waals surface area contributed by atoms with Gasteiger partial charge in [0.15, 0.2) is 5.11 Å². The Morgan fingerprint density at radius 3 is 2.13 bits per heavy atom.